The Balaban J connectivity index is 2.10. The maximum Gasteiger partial charge on any atom is 0.164 e. The molecule has 2 heteroatoms. The first-order valence-electron chi connectivity index (χ1n) is 5.36. The Kier molecular flexibility index (Phi) is 3.57. The van der Waals surface area contributed by atoms with Gasteiger partial charge in [-0.15, -0.1) is 0 Å². The van der Waals surface area contributed by atoms with Crippen LogP contribution >= 0.6 is 11.6 Å². The van der Waals surface area contributed by atoms with Crippen molar-refractivity contribution in [2.24, 2.45) is 0 Å². The van der Waals surface area contributed by atoms with Gasteiger partial charge >= 0.3 is 0 Å². The molecule has 0 saturated carbocycles. The lowest BCUT2D eigenvalue weighted by molar-refractivity contribution is -0.500. The molecule has 0 N–H and O–H groups in total. The van der Waals surface area contributed by atoms with E-state index in [1.807, 2.05) is 36.4 Å². The minimum atomic E-state index is 0.808. The van der Waals surface area contributed by atoms with Crippen LogP contribution in [0.3, 0.4) is 0 Å². The van der Waals surface area contributed by atoms with Gasteiger partial charge in [-0.1, -0.05) is 41.9 Å². The zero-order valence-electron chi connectivity index (χ0n) is 8.70. The van der Waals surface area contributed by atoms with Crippen LogP contribution in [0.25, 0.3) is 5.03 Å². The maximum absolute atomic E-state index is 6.19. The molecule has 1 aromatic carbocycles. The topological polar surface area (TPSA) is 3.01 Å². The molecule has 78 valence electrons. The Bertz CT molecular complexity index is 371. The molecule has 1 aliphatic heterocycles. The van der Waals surface area contributed by atoms with Crippen molar-refractivity contribution in [3.63, 3.8) is 0 Å². The van der Waals surface area contributed by atoms with Gasteiger partial charge in [-0.3, -0.25) is 0 Å². The SMILES string of the molecule is Cl/C(=C\C=[N+]1CCCC1)c1ccccc1. The molecule has 1 saturated heterocycles. The predicted octanol–water partition coefficient (Wildman–Crippen LogP) is 3.14. The summed E-state index contributed by atoms with van der Waals surface area (Å²) in [7, 11) is 0. The second-order valence-corrected chi connectivity index (χ2v) is 4.18. The van der Waals surface area contributed by atoms with Crippen LogP contribution in [-0.4, -0.2) is 23.9 Å². The van der Waals surface area contributed by atoms with E-state index in [-0.39, 0.29) is 0 Å². The lowest BCUT2D eigenvalue weighted by atomic mass is 10.2. The van der Waals surface area contributed by atoms with Crippen LogP contribution in [-0.2, 0) is 0 Å². The van der Waals surface area contributed by atoms with Gasteiger partial charge in [-0.2, -0.15) is 0 Å². The lowest BCUT2D eigenvalue weighted by Gasteiger charge is -1.95. The van der Waals surface area contributed by atoms with Crippen molar-refractivity contribution < 1.29 is 4.58 Å². The van der Waals surface area contributed by atoms with Crippen LogP contribution in [0, 0.1) is 0 Å². The second-order valence-electron chi connectivity index (χ2n) is 3.77. The molecule has 1 heterocycles. The molecule has 0 aliphatic carbocycles. The standard InChI is InChI=1S/C13H15ClN/c14-13(12-6-2-1-3-7-12)8-11-15-9-4-5-10-15/h1-3,6-8,11H,4-5,9-10H2/q+1/b13-8-. The van der Waals surface area contributed by atoms with Crippen molar-refractivity contribution in [3.8, 4) is 0 Å². The highest BCUT2D eigenvalue weighted by atomic mass is 35.5. The molecule has 2 rings (SSSR count). The highest BCUT2D eigenvalue weighted by Gasteiger charge is 2.10. The second kappa shape index (κ2) is 5.13. The van der Waals surface area contributed by atoms with Crippen LogP contribution in [0.1, 0.15) is 18.4 Å². The quantitative estimate of drug-likeness (QED) is 0.674. The van der Waals surface area contributed by atoms with Gasteiger partial charge in [-0.05, 0) is 5.56 Å². The fourth-order valence-electron chi connectivity index (χ4n) is 1.76. The summed E-state index contributed by atoms with van der Waals surface area (Å²) in [4.78, 5) is 0. The van der Waals surface area contributed by atoms with E-state index in [9.17, 15) is 0 Å². The summed E-state index contributed by atoms with van der Waals surface area (Å²) in [5.41, 5.74) is 1.08. The van der Waals surface area contributed by atoms with Crippen molar-refractivity contribution in [1.29, 1.82) is 0 Å². The Hall–Kier alpha value is -1.08. The predicted molar refractivity (Wildman–Crippen MR) is 65.6 cm³/mol. The molecule has 0 bridgehead atoms. The zero-order chi connectivity index (χ0) is 10.5. The van der Waals surface area contributed by atoms with Gasteiger partial charge in [0.05, 0.1) is 5.03 Å². The fourth-order valence-corrected chi connectivity index (χ4v) is 1.94. The number of rotatable bonds is 2. The Morgan fingerprint density at radius 3 is 2.47 bits per heavy atom. The molecular formula is C13H15ClN+. The summed E-state index contributed by atoms with van der Waals surface area (Å²) in [6.07, 6.45) is 6.69. The largest absolute Gasteiger partial charge is 0.236 e. The summed E-state index contributed by atoms with van der Waals surface area (Å²) in [5, 5.41) is 0.808. The maximum atomic E-state index is 6.19. The van der Waals surface area contributed by atoms with Crippen molar-refractivity contribution in [1.82, 2.24) is 0 Å². The van der Waals surface area contributed by atoms with Gasteiger partial charge < -0.3 is 0 Å². The lowest BCUT2D eigenvalue weighted by Crippen LogP contribution is -2.05. The van der Waals surface area contributed by atoms with E-state index >= 15 is 0 Å². The first kappa shape index (κ1) is 10.4. The van der Waals surface area contributed by atoms with E-state index in [1.165, 1.54) is 12.8 Å². The summed E-state index contributed by atoms with van der Waals surface area (Å²) >= 11 is 6.19. The number of nitrogens with zero attached hydrogens (tertiary/aromatic N) is 1. The van der Waals surface area contributed by atoms with Crippen molar-refractivity contribution in [2.45, 2.75) is 12.8 Å². The smallest absolute Gasteiger partial charge is 0.164 e. The molecule has 0 radical (unpaired) electrons. The third kappa shape index (κ3) is 2.93. The van der Waals surface area contributed by atoms with Crippen molar-refractivity contribution in [3.05, 3.63) is 42.0 Å². The third-order valence-corrected chi connectivity index (χ3v) is 2.97. The van der Waals surface area contributed by atoms with Crippen LogP contribution < -0.4 is 0 Å². The number of hydrogen-bond acceptors (Lipinski definition) is 0. The molecule has 1 fully saturated rings. The monoisotopic (exact) mass is 220 g/mol. The molecule has 1 aliphatic rings. The molecule has 0 aromatic heterocycles. The number of allylic oxidation sites excluding steroid dienone is 1. The van der Waals surface area contributed by atoms with Gasteiger partial charge in [0.2, 0.25) is 0 Å². The molecule has 15 heavy (non-hydrogen) atoms. The van der Waals surface area contributed by atoms with Crippen LogP contribution in [0.15, 0.2) is 36.4 Å². The van der Waals surface area contributed by atoms with Gasteiger partial charge in [0.15, 0.2) is 6.21 Å². The Morgan fingerprint density at radius 1 is 1.13 bits per heavy atom. The van der Waals surface area contributed by atoms with Gasteiger partial charge in [-0.25, -0.2) is 4.58 Å². The van der Waals surface area contributed by atoms with E-state index in [1.54, 1.807) is 0 Å². The first-order valence-corrected chi connectivity index (χ1v) is 5.74. The van der Waals surface area contributed by atoms with E-state index in [2.05, 4.69) is 10.8 Å². The van der Waals surface area contributed by atoms with E-state index < -0.39 is 0 Å². The number of benzene rings is 1. The summed E-state index contributed by atoms with van der Waals surface area (Å²) in [6.45, 7) is 2.32. The Morgan fingerprint density at radius 2 is 1.80 bits per heavy atom. The highest BCUT2D eigenvalue weighted by molar-refractivity contribution is 6.49. The molecule has 0 spiro atoms. The summed E-state index contributed by atoms with van der Waals surface area (Å²) in [6, 6.07) is 10.0. The molecule has 1 aromatic rings. The Labute approximate surface area is 95.7 Å². The van der Waals surface area contributed by atoms with Crippen LogP contribution in [0.4, 0.5) is 0 Å². The van der Waals surface area contributed by atoms with E-state index in [4.69, 9.17) is 11.6 Å². The number of halogens is 1. The van der Waals surface area contributed by atoms with Gasteiger partial charge in [0.1, 0.15) is 13.1 Å². The minimum absolute atomic E-state index is 0.808. The normalized spacial score (nSPS) is 16.9. The molecule has 0 amide bonds. The summed E-state index contributed by atoms with van der Waals surface area (Å²) in [5.74, 6) is 0. The fraction of sp³-hybridized carbons (Fsp3) is 0.308. The van der Waals surface area contributed by atoms with Crippen LogP contribution in [0.5, 0.6) is 0 Å². The molecular weight excluding hydrogens is 206 g/mol. The van der Waals surface area contributed by atoms with Crippen LogP contribution in [0.2, 0.25) is 0 Å². The van der Waals surface area contributed by atoms with Crippen molar-refractivity contribution >= 4 is 22.8 Å². The molecule has 0 unspecified atom stereocenters. The average molecular weight is 221 g/mol. The first-order chi connectivity index (χ1) is 7.36. The minimum Gasteiger partial charge on any atom is -0.236 e. The third-order valence-electron chi connectivity index (χ3n) is 2.62. The molecule has 0 atom stereocenters. The summed E-state index contributed by atoms with van der Waals surface area (Å²) < 4.78 is 2.31. The van der Waals surface area contributed by atoms with Crippen molar-refractivity contribution in [2.75, 3.05) is 13.1 Å². The average Bonchev–Trinajstić information content (AvgIpc) is 2.80. The molecule has 1 nitrogen and oxygen atoms in total. The highest BCUT2D eigenvalue weighted by Crippen LogP contribution is 2.17. The zero-order valence-corrected chi connectivity index (χ0v) is 9.45. The number of hydrogen-bond donors (Lipinski definition) is 0. The van der Waals surface area contributed by atoms with E-state index in [0.29, 0.717) is 0 Å². The van der Waals surface area contributed by atoms with Gasteiger partial charge in [0, 0.05) is 18.9 Å². The van der Waals surface area contributed by atoms with Gasteiger partial charge in [0.25, 0.3) is 0 Å². The van der Waals surface area contributed by atoms with E-state index in [0.717, 1.165) is 23.7 Å².